The van der Waals surface area contributed by atoms with Gasteiger partial charge in [-0.25, -0.2) is 4.98 Å². The van der Waals surface area contributed by atoms with E-state index in [4.69, 9.17) is 4.74 Å². The molecule has 0 saturated carbocycles. The van der Waals surface area contributed by atoms with Crippen LogP contribution in [0.1, 0.15) is 34.7 Å². The molecule has 6 nitrogen and oxygen atoms in total. The molecule has 0 radical (unpaired) electrons. The number of benzene rings is 1. The highest BCUT2D eigenvalue weighted by Crippen LogP contribution is 2.26. The van der Waals surface area contributed by atoms with Crippen molar-refractivity contribution in [2.24, 2.45) is 0 Å². The number of halogens is 3. The van der Waals surface area contributed by atoms with Gasteiger partial charge in [0.25, 0.3) is 5.56 Å². The highest BCUT2D eigenvalue weighted by atomic mass is 32.2. The van der Waals surface area contributed by atoms with Gasteiger partial charge in [0.1, 0.15) is 6.54 Å². The van der Waals surface area contributed by atoms with Crippen LogP contribution in [0.25, 0.3) is 10.9 Å². The van der Waals surface area contributed by atoms with Crippen LogP contribution < -0.4 is 5.56 Å². The summed E-state index contributed by atoms with van der Waals surface area (Å²) in [7, 11) is 1.53. The lowest BCUT2D eigenvalue weighted by molar-refractivity contribution is -0.141. The molecule has 2 aromatic heterocycles. The van der Waals surface area contributed by atoms with Crippen molar-refractivity contribution < 1.29 is 22.7 Å². The number of hydrogen-bond acceptors (Lipinski definition) is 5. The van der Waals surface area contributed by atoms with Crippen LogP contribution in [0.5, 0.6) is 0 Å². The van der Waals surface area contributed by atoms with Crippen molar-refractivity contribution >= 4 is 28.4 Å². The number of thioether (sulfide) groups is 1. The number of aryl methyl sites for hydroxylation is 1. The minimum absolute atomic E-state index is 0.0687. The molecule has 0 amide bonds. The lowest BCUT2D eigenvalue weighted by Gasteiger charge is -2.18. The maximum absolute atomic E-state index is 13.1. The second kappa shape index (κ2) is 9.50. The first-order valence-corrected chi connectivity index (χ1v) is 10.9. The lowest BCUT2D eigenvalue weighted by Crippen LogP contribution is -2.28. The van der Waals surface area contributed by atoms with E-state index in [9.17, 15) is 22.8 Å². The van der Waals surface area contributed by atoms with Crippen molar-refractivity contribution in [1.82, 2.24) is 14.1 Å². The first-order chi connectivity index (χ1) is 15.0. The van der Waals surface area contributed by atoms with Gasteiger partial charge < -0.3 is 9.30 Å². The predicted octanol–water partition coefficient (Wildman–Crippen LogP) is 4.56. The molecule has 2 heterocycles. The quantitative estimate of drug-likeness (QED) is 0.276. The molecule has 0 unspecified atom stereocenters. The minimum Gasteiger partial charge on any atom is -0.383 e. The first kappa shape index (κ1) is 24.1. The average molecular weight is 468 g/mol. The van der Waals surface area contributed by atoms with E-state index in [1.807, 2.05) is 6.92 Å². The molecule has 32 heavy (non-hydrogen) atoms. The van der Waals surface area contributed by atoms with E-state index in [0.29, 0.717) is 21.8 Å². The summed E-state index contributed by atoms with van der Waals surface area (Å²) >= 11 is 1.09. The van der Waals surface area contributed by atoms with Crippen LogP contribution in [0.2, 0.25) is 0 Å². The summed E-state index contributed by atoms with van der Waals surface area (Å²) in [6, 6.07) is 8.09. The monoisotopic (exact) mass is 467 g/mol. The fourth-order valence-electron chi connectivity index (χ4n) is 3.65. The second-order valence-corrected chi connectivity index (χ2v) is 8.53. The van der Waals surface area contributed by atoms with Crippen LogP contribution in [-0.2, 0) is 11.3 Å². The molecule has 0 aliphatic carbocycles. The summed E-state index contributed by atoms with van der Waals surface area (Å²) in [4.78, 5) is 30.5. The number of ether oxygens (including phenoxy) is 1. The second-order valence-electron chi connectivity index (χ2n) is 7.59. The van der Waals surface area contributed by atoms with Crippen LogP contribution >= 0.6 is 11.8 Å². The van der Waals surface area contributed by atoms with Crippen molar-refractivity contribution in [2.75, 3.05) is 19.5 Å². The van der Waals surface area contributed by atoms with E-state index in [0.717, 1.165) is 16.3 Å². The van der Waals surface area contributed by atoms with E-state index >= 15 is 0 Å². The van der Waals surface area contributed by atoms with Crippen molar-refractivity contribution in [1.29, 1.82) is 0 Å². The molecule has 0 fully saturated rings. The van der Waals surface area contributed by atoms with Gasteiger partial charge in [0, 0.05) is 24.1 Å². The molecule has 0 aliphatic rings. The van der Waals surface area contributed by atoms with Crippen molar-refractivity contribution in [3.8, 4) is 0 Å². The number of hydrogen-bond donors (Lipinski definition) is 0. The Hall–Kier alpha value is -2.59. The van der Waals surface area contributed by atoms with E-state index in [1.165, 1.54) is 31.6 Å². The van der Waals surface area contributed by atoms with Crippen LogP contribution in [-0.4, -0.2) is 45.5 Å². The zero-order chi connectivity index (χ0) is 23.6. The lowest BCUT2D eigenvalue weighted by atomic mass is 10.2. The molecule has 0 aliphatic heterocycles. The average Bonchev–Trinajstić information content (AvgIpc) is 2.99. The highest BCUT2D eigenvalue weighted by molar-refractivity contribution is 7.99. The Labute approximate surface area is 187 Å². The fraction of sp³-hybridized carbons (Fsp3) is 0.409. The van der Waals surface area contributed by atoms with Gasteiger partial charge in [0.15, 0.2) is 10.9 Å². The van der Waals surface area contributed by atoms with Crippen LogP contribution in [0.4, 0.5) is 13.2 Å². The molecule has 1 atom stereocenters. The Morgan fingerprint density at radius 3 is 2.59 bits per heavy atom. The number of ketones is 1. The highest BCUT2D eigenvalue weighted by Gasteiger charge is 2.30. The number of rotatable bonds is 8. The number of Topliss-reactive ketones (excluding diaryl/α,β-unsaturated/α-hetero) is 1. The molecule has 10 heteroatoms. The Morgan fingerprint density at radius 2 is 1.94 bits per heavy atom. The molecule has 0 saturated heterocycles. The Balaban J connectivity index is 1.92. The van der Waals surface area contributed by atoms with Gasteiger partial charge >= 0.3 is 6.18 Å². The molecule has 0 bridgehead atoms. The van der Waals surface area contributed by atoms with Crippen molar-refractivity contribution in [3.63, 3.8) is 0 Å². The van der Waals surface area contributed by atoms with Gasteiger partial charge in [0.2, 0.25) is 0 Å². The molecular weight excluding hydrogens is 443 g/mol. The number of nitrogens with zero attached hydrogens (tertiary/aromatic N) is 3. The first-order valence-electron chi connectivity index (χ1n) is 9.93. The molecule has 0 N–H and O–H groups in total. The third-order valence-electron chi connectivity index (χ3n) is 5.17. The Kier molecular flexibility index (Phi) is 7.14. The molecule has 1 aromatic carbocycles. The molecule has 172 valence electrons. The molecule has 3 rings (SSSR count). The number of methoxy groups -OCH3 is 1. The van der Waals surface area contributed by atoms with E-state index in [2.05, 4.69) is 4.98 Å². The van der Waals surface area contributed by atoms with Crippen molar-refractivity contribution in [3.05, 3.63) is 57.6 Å². The summed E-state index contributed by atoms with van der Waals surface area (Å²) < 4.78 is 46.4. The number of aromatic nitrogens is 3. The van der Waals surface area contributed by atoms with Crippen LogP contribution in [0, 0.1) is 13.8 Å². The largest absolute Gasteiger partial charge is 0.406 e. The minimum atomic E-state index is -4.38. The van der Waals surface area contributed by atoms with Crippen LogP contribution in [0.15, 0.2) is 40.3 Å². The summed E-state index contributed by atoms with van der Waals surface area (Å²) in [6.07, 6.45) is -4.38. The van der Waals surface area contributed by atoms with Gasteiger partial charge in [0.05, 0.1) is 29.3 Å². The van der Waals surface area contributed by atoms with Gasteiger partial charge in [-0.3, -0.25) is 14.2 Å². The maximum atomic E-state index is 13.1. The normalized spacial score (nSPS) is 13.0. The summed E-state index contributed by atoms with van der Waals surface area (Å²) in [5.41, 5.74) is 1.14. The number of alkyl halides is 3. The third-order valence-corrected chi connectivity index (χ3v) is 6.12. The third kappa shape index (κ3) is 5.07. The van der Waals surface area contributed by atoms with E-state index in [-0.39, 0.29) is 41.0 Å². The fourth-order valence-corrected chi connectivity index (χ4v) is 4.63. The zero-order valence-corrected chi connectivity index (χ0v) is 19.0. The number of para-hydroxylation sites is 1. The van der Waals surface area contributed by atoms with Gasteiger partial charge in [-0.15, -0.1) is 0 Å². The summed E-state index contributed by atoms with van der Waals surface area (Å²) in [5, 5.41) is 0.817. The van der Waals surface area contributed by atoms with E-state index < -0.39 is 12.7 Å². The smallest absolute Gasteiger partial charge is 0.383 e. The Morgan fingerprint density at radius 1 is 1.25 bits per heavy atom. The number of fused-ring (bicyclic) bond motifs is 1. The van der Waals surface area contributed by atoms with Gasteiger partial charge in [-0.1, -0.05) is 23.9 Å². The summed E-state index contributed by atoms with van der Waals surface area (Å²) in [6.45, 7) is 3.99. The van der Waals surface area contributed by atoms with Gasteiger partial charge in [-0.05, 0) is 39.0 Å². The molecule has 0 spiro atoms. The SMILES string of the molecule is COC[C@H](C)n1c(SCC(=O)c2cc(C)n(CC(F)(F)F)c2C)nc2ccccc2c1=O. The molecule has 3 aromatic rings. The Bertz CT molecular complexity index is 1200. The predicted molar refractivity (Wildman–Crippen MR) is 118 cm³/mol. The van der Waals surface area contributed by atoms with Gasteiger partial charge in [-0.2, -0.15) is 13.2 Å². The molecular formula is C22H24F3N3O3S. The summed E-state index contributed by atoms with van der Waals surface area (Å²) in [5.74, 6) is -0.397. The standard InChI is InChI=1S/C22H24F3N3O3S/c1-13-9-17(15(3)27(13)12-22(23,24)25)19(29)11-32-21-26-18-8-6-5-7-16(18)20(30)28(21)14(2)10-31-4/h5-9,14H,10-12H2,1-4H3/t14-/m0/s1. The number of carbonyl (C=O) groups is 1. The van der Waals surface area contributed by atoms with Crippen LogP contribution in [0.3, 0.4) is 0 Å². The van der Waals surface area contributed by atoms with Crippen molar-refractivity contribution in [2.45, 2.75) is 44.7 Å². The topological polar surface area (TPSA) is 66.1 Å². The maximum Gasteiger partial charge on any atom is 0.406 e. The zero-order valence-electron chi connectivity index (χ0n) is 18.2. The van der Waals surface area contributed by atoms with E-state index in [1.54, 1.807) is 24.3 Å². The number of carbonyl (C=O) groups excluding carboxylic acids is 1.